The van der Waals surface area contributed by atoms with Crippen molar-refractivity contribution in [2.24, 2.45) is 0 Å². The summed E-state index contributed by atoms with van der Waals surface area (Å²) in [5, 5.41) is 9.43. The summed E-state index contributed by atoms with van der Waals surface area (Å²) in [4.78, 5) is 17.2. The number of nitriles is 1. The quantitative estimate of drug-likeness (QED) is 0.719. The van der Waals surface area contributed by atoms with E-state index < -0.39 is 0 Å². The summed E-state index contributed by atoms with van der Waals surface area (Å²) in [6.07, 6.45) is 2.25. The summed E-state index contributed by atoms with van der Waals surface area (Å²) in [6, 6.07) is 5.32. The third-order valence-electron chi connectivity index (χ3n) is 1.80. The minimum Gasteiger partial charge on any atom is -0.345 e. The maximum atomic E-state index is 10.4. The van der Waals surface area contributed by atoms with E-state index in [1.165, 1.54) is 0 Å². The van der Waals surface area contributed by atoms with E-state index >= 15 is 0 Å². The first-order valence-corrected chi connectivity index (χ1v) is 4.68. The lowest BCUT2D eigenvalue weighted by atomic mass is 10.2. The molecule has 2 aromatic rings. The highest BCUT2D eigenvalue weighted by atomic mass is 16.1. The Morgan fingerprint density at radius 3 is 2.80 bits per heavy atom. The molecule has 76 valence electrons. The molecule has 0 atom stereocenters. The molecule has 0 aliphatic rings. The predicted octanol–water partition coefficient (Wildman–Crippen LogP) is 2.27. The highest BCUT2D eigenvalue weighted by Crippen LogP contribution is 2.14. The van der Waals surface area contributed by atoms with Crippen molar-refractivity contribution in [3.8, 4) is 6.07 Å². The van der Waals surface area contributed by atoms with Crippen LogP contribution in [0.2, 0.25) is 0 Å². The van der Waals surface area contributed by atoms with Gasteiger partial charge in [-0.15, -0.1) is 0 Å². The van der Waals surface area contributed by atoms with Crippen LogP contribution < -0.4 is 0 Å². The number of nitrogens with zero attached hydrogens (tertiary/aromatic N) is 2. The van der Waals surface area contributed by atoms with Crippen LogP contribution >= 0.6 is 0 Å². The van der Waals surface area contributed by atoms with E-state index in [0.717, 1.165) is 5.39 Å². The molecule has 0 bridgehead atoms. The second-order valence-electron chi connectivity index (χ2n) is 2.56. The number of fused-ring (bicyclic) bond motifs is 1. The molecule has 0 unspecified atom stereocenters. The number of hydrogen-bond acceptors (Lipinski definition) is 3. The minimum absolute atomic E-state index is 0.360. The lowest BCUT2D eigenvalue weighted by Gasteiger charge is -1.90. The molecule has 0 aliphatic heterocycles. The van der Waals surface area contributed by atoms with Gasteiger partial charge in [-0.3, -0.25) is 4.79 Å². The minimum atomic E-state index is 0.360. The average molecular weight is 201 g/mol. The van der Waals surface area contributed by atoms with Crippen molar-refractivity contribution in [3.05, 3.63) is 29.6 Å². The average Bonchev–Trinajstić information content (AvgIpc) is 2.73. The van der Waals surface area contributed by atoms with E-state index in [9.17, 15) is 4.79 Å². The van der Waals surface area contributed by atoms with E-state index in [0.29, 0.717) is 23.2 Å². The molecule has 0 saturated carbocycles. The first kappa shape index (κ1) is 10.9. The van der Waals surface area contributed by atoms with Crippen molar-refractivity contribution in [3.63, 3.8) is 0 Å². The maximum absolute atomic E-state index is 10.4. The van der Waals surface area contributed by atoms with Gasteiger partial charge in [-0.1, -0.05) is 13.8 Å². The summed E-state index contributed by atoms with van der Waals surface area (Å²) < 4.78 is 0. The smallest absolute Gasteiger partial charge is 0.168 e. The van der Waals surface area contributed by atoms with Crippen molar-refractivity contribution in [2.45, 2.75) is 13.8 Å². The van der Waals surface area contributed by atoms with Crippen LogP contribution in [0.3, 0.4) is 0 Å². The Bertz CT molecular complexity index is 508. The molecular weight excluding hydrogens is 190 g/mol. The lowest BCUT2D eigenvalue weighted by molar-refractivity contribution is 0.111. The van der Waals surface area contributed by atoms with Crippen LogP contribution in [0.1, 0.15) is 29.9 Å². The number of carbonyl (C=O) groups is 1. The van der Waals surface area contributed by atoms with Crippen LogP contribution in [0.25, 0.3) is 11.0 Å². The van der Waals surface area contributed by atoms with Gasteiger partial charge in [-0.05, 0) is 12.1 Å². The Morgan fingerprint density at radius 1 is 1.47 bits per heavy atom. The maximum Gasteiger partial charge on any atom is 0.168 e. The number of hydrogen-bond donors (Lipinski definition) is 1. The molecule has 0 saturated heterocycles. The highest BCUT2D eigenvalue weighted by molar-refractivity contribution is 5.85. The van der Waals surface area contributed by atoms with Crippen LogP contribution in [0, 0.1) is 11.3 Å². The van der Waals surface area contributed by atoms with Gasteiger partial charge in [-0.25, -0.2) is 4.98 Å². The Hall–Kier alpha value is -2.15. The molecule has 4 nitrogen and oxygen atoms in total. The largest absolute Gasteiger partial charge is 0.345 e. The van der Waals surface area contributed by atoms with E-state index in [4.69, 9.17) is 5.26 Å². The Morgan fingerprint density at radius 2 is 2.20 bits per heavy atom. The second-order valence-corrected chi connectivity index (χ2v) is 2.56. The summed E-state index contributed by atoms with van der Waals surface area (Å²) >= 11 is 0. The molecular formula is C11H11N3O. The van der Waals surface area contributed by atoms with Crippen molar-refractivity contribution in [2.75, 3.05) is 0 Å². The summed E-state index contributed by atoms with van der Waals surface area (Å²) in [5.74, 6) is 0. The second kappa shape index (κ2) is 4.91. The number of aldehydes is 1. The van der Waals surface area contributed by atoms with E-state index in [2.05, 4.69) is 9.97 Å². The van der Waals surface area contributed by atoms with Crippen molar-refractivity contribution >= 4 is 17.3 Å². The first-order chi connectivity index (χ1) is 7.35. The molecule has 0 radical (unpaired) electrons. The normalized spacial score (nSPS) is 8.87. The van der Waals surface area contributed by atoms with Crippen molar-refractivity contribution in [1.29, 1.82) is 5.26 Å². The van der Waals surface area contributed by atoms with Crippen LogP contribution in [0.15, 0.2) is 18.3 Å². The topological polar surface area (TPSA) is 69.5 Å². The van der Waals surface area contributed by atoms with Gasteiger partial charge in [0.25, 0.3) is 0 Å². The fourth-order valence-electron chi connectivity index (χ4n) is 1.18. The fourth-order valence-corrected chi connectivity index (χ4v) is 1.18. The van der Waals surface area contributed by atoms with Gasteiger partial charge < -0.3 is 4.98 Å². The molecule has 0 aromatic carbocycles. The molecule has 0 fully saturated rings. The lowest BCUT2D eigenvalue weighted by Crippen LogP contribution is -1.85. The molecule has 0 aliphatic carbocycles. The third-order valence-corrected chi connectivity index (χ3v) is 1.80. The Labute approximate surface area is 87.6 Å². The first-order valence-electron chi connectivity index (χ1n) is 4.68. The van der Waals surface area contributed by atoms with E-state index in [1.54, 1.807) is 18.3 Å². The number of pyridine rings is 1. The van der Waals surface area contributed by atoms with E-state index in [1.807, 2.05) is 19.9 Å². The Balaban J connectivity index is 0.000000531. The highest BCUT2D eigenvalue weighted by Gasteiger charge is 2.03. The standard InChI is InChI=1S/C9H5N3O.C2H6/c10-3-6-4-11-9-8(6)2-1-7(5-13)12-9;1-2/h1-2,4-5H,(H,11,12);1-2H3. The number of aromatic nitrogens is 2. The van der Waals surface area contributed by atoms with Gasteiger partial charge in [0.15, 0.2) is 6.29 Å². The van der Waals surface area contributed by atoms with Crippen LogP contribution in [-0.4, -0.2) is 16.3 Å². The third kappa shape index (κ3) is 2.02. The zero-order valence-corrected chi connectivity index (χ0v) is 8.61. The van der Waals surface area contributed by atoms with Gasteiger partial charge >= 0.3 is 0 Å². The molecule has 2 rings (SSSR count). The van der Waals surface area contributed by atoms with Crippen LogP contribution in [0.4, 0.5) is 0 Å². The van der Waals surface area contributed by atoms with Gasteiger partial charge in [0.1, 0.15) is 17.4 Å². The number of nitrogens with one attached hydrogen (secondary N) is 1. The summed E-state index contributed by atoms with van der Waals surface area (Å²) in [5.41, 5.74) is 1.47. The molecule has 2 aromatic heterocycles. The van der Waals surface area contributed by atoms with Crippen molar-refractivity contribution in [1.82, 2.24) is 9.97 Å². The van der Waals surface area contributed by atoms with Crippen LogP contribution in [-0.2, 0) is 0 Å². The molecule has 4 heteroatoms. The summed E-state index contributed by atoms with van der Waals surface area (Å²) in [7, 11) is 0. The molecule has 0 spiro atoms. The SMILES string of the molecule is CC.N#Cc1c[nH]c2nc(C=O)ccc12. The number of H-pyrrole nitrogens is 1. The van der Waals surface area contributed by atoms with Gasteiger partial charge in [-0.2, -0.15) is 5.26 Å². The van der Waals surface area contributed by atoms with Gasteiger partial charge in [0, 0.05) is 11.6 Å². The molecule has 15 heavy (non-hydrogen) atoms. The molecule has 2 heterocycles. The number of aromatic amines is 1. The van der Waals surface area contributed by atoms with Gasteiger partial charge in [0.05, 0.1) is 5.56 Å². The summed E-state index contributed by atoms with van der Waals surface area (Å²) in [6.45, 7) is 4.00. The predicted molar refractivity (Wildman–Crippen MR) is 57.5 cm³/mol. The van der Waals surface area contributed by atoms with Gasteiger partial charge in [0.2, 0.25) is 0 Å². The zero-order valence-electron chi connectivity index (χ0n) is 8.61. The number of rotatable bonds is 1. The molecule has 0 amide bonds. The van der Waals surface area contributed by atoms with E-state index in [-0.39, 0.29) is 0 Å². The fraction of sp³-hybridized carbons (Fsp3) is 0.182. The number of carbonyl (C=O) groups excluding carboxylic acids is 1. The van der Waals surface area contributed by atoms with Crippen molar-refractivity contribution < 1.29 is 4.79 Å². The Kier molecular flexibility index (Phi) is 3.58. The zero-order chi connectivity index (χ0) is 11.3. The monoisotopic (exact) mass is 201 g/mol. The van der Waals surface area contributed by atoms with Crippen LogP contribution in [0.5, 0.6) is 0 Å². The molecule has 1 N–H and O–H groups in total.